The average Bonchev–Trinajstić information content (AvgIpc) is 3.54. The third kappa shape index (κ3) is 3.38. The summed E-state index contributed by atoms with van der Waals surface area (Å²) in [4.78, 5) is 17.4. The summed E-state index contributed by atoms with van der Waals surface area (Å²) < 4.78 is 2.25. The fourth-order valence-corrected chi connectivity index (χ4v) is 5.89. The third-order valence-corrected chi connectivity index (χ3v) is 7.81. The Morgan fingerprint density at radius 1 is 0.938 bits per heavy atom. The molecule has 0 unspecified atom stereocenters. The maximum absolute atomic E-state index is 5.12. The monoisotopic (exact) mass is 445 g/mol. The Hall–Kier alpha value is -2.84. The van der Waals surface area contributed by atoms with Crippen molar-refractivity contribution in [3.8, 4) is 11.4 Å². The zero-order valence-electron chi connectivity index (χ0n) is 18.6. The van der Waals surface area contributed by atoms with Gasteiger partial charge in [0.15, 0.2) is 11.6 Å². The molecule has 0 radical (unpaired) electrons. The van der Waals surface area contributed by atoms with Crippen molar-refractivity contribution in [3.05, 3.63) is 52.4 Å². The fraction of sp³-hybridized carbons (Fsp3) is 0.417. The van der Waals surface area contributed by atoms with E-state index in [0.717, 1.165) is 66.4 Å². The van der Waals surface area contributed by atoms with E-state index < -0.39 is 0 Å². The Balaban J connectivity index is 1.37. The van der Waals surface area contributed by atoms with E-state index >= 15 is 0 Å². The first kappa shape index (κ1) is 19.8. The van der Waals surface area contributed by atoms with Crippen molar-refractivity contribution in [2.45, 2.75) is 46.3 Å². The summed E-state index contributed by atoms with van der Waals surface area (Å²) in [6.45, 7) is 9.95. The molecule has 0 N–H and O–H groups in total. The largest absolute Gasteiger partial charge is 0.347 e. The Labute approximate surface area is 191 Å². The van der Waals surface area contributed by atoms with Crippen LogP contribution in [0, 0.1) is 13.8 Å². The minimum absolute atomic E-state index is 0.712. The lowest BCUT2D eigenvalue weighted by molar-refractivity contribution is 0.323. The van der Waals surface area contributed by atoms with Gasteiger partial charge in [0, 0.05) is 23.5 Å². The second-order valence-electron chi connectivity index (χ2n) is 8.79. The van der Waals surface area contributed by atoms with Gasteiger partial charge in [-0.15, -0.1) is 21.5 Å². The van der Waals surface area contributed by atoms with Gasteiger partial charge in [-0.3, -0.25) is 4.90 Å². The van der Waals surface area contributed by atoms with Crippen molar-refractivity contribution >= 4 is 27.4 Å². The molecule has 0 amide bonds. The molecule has 5 heterocycles. The van der Waals surface area contributed by atoms with Crippen LogP contribution in [0.3, 0.4) is 0 Å². The van der Waals surface area contributed by atoms with Crippen molar-refractivity contribution in [2.24, 2.45) is 0 Å². The molecule has 2 aliphatic rings. The summed E-state index contributed by atoms with van der Waals surface area (Å²) in [7, 11) is 0. The number of hydrogen-bond donors (Lipinski definition) is 0. The lowest BCUT2D eigenvalue weighted by Crippen LogP contribution is -2.35. The van der Waals surface area contributed by atoms with Gasteiger partial charge in [-0.1, -0.05) is 30.3 Å². The molecule has 6 rings (SSSR count). The number of fused-ring (bicyclic) bond motifs is 2. The highest BCUT2D eigenvalue weighted by molar-refractivity contribution is 7.18. The minimum Gasteiger partial charge on any atom is -0.347 e. The third-order valence-electron chi connectivity index (χ3n) is 6.70. The quantitative estimate of drug-likeness (QED) is 0.470. The van der Waals surface area contributed by atoms with Gasteiger partial charge < -0.3 is 9.47 Å². The molecule has 8 heteroatoms. The Morgan fingerprint density at radius 2 is 1.75 bits per heavy atom. The van der Waals surface area contributed by atoms with Gasteiger partial charge in [0.25, 0.3) is 0 Å². The van der Waals surface area contributed by atoms with E-state index in [4.69, 9.17) is 9.97 Å². The molecule has 0 spiro atoms. The summed E-state index contributed by atoms with van der Waals surface area (Å²) >= 11 is 1.79. The van der Waals surface area contributed by atoms with Crippen molar-refractivity contribution < 1.29 is 0 Å². The van der Waals surface area contributed by atoms with Gasteiger partial charge in [-0.2, -0.15) is 0 Å². The first-order valence-corrected chi connectivity index (χ1v) is 12.2. The predicted octanol–water partition coefficient (Wildman–Crippen LogP) is 4.18. The number of hydrogen-bond acceptors (Lipinski definition) is 7. The highest BCUT2D eigenvalue weighted by atomic mass is 32.1. The zero-order chi connectivity index (χ0) is 21.7. The van der Waals surface area contributed by atoms with Crippen molar-refractivity contribution in [2.75, 3.05) is 24.5 Å². The molecule has 1 aromatic carbocycles. The van der Waals surface area contributed by atoms with Gasteiger partial charge in [0.1, 0.15) is 16.5 Å². The van der Waals surface area contributed by atoms with Gasteiger partial charge in [-0.05, 0) is 45.3 Å². The van der Waals surface area contributed by atoms with Crippen LogP contribution in [0.5, 0.6) is 0 Å². The molecule has 4 aromatic rings. The number of nitrogens with zero attached hydrogens (tertiary/aromatic N) is 7. The van der Waals surface area contributed by atoms with Crippen LogP contribution in [0.15, 0.2) is 30.3 Å². The molecule has 1 fully saturated rings. The summed E-state index contributed by atoms with van der Waals surface area (Å²) in [5.41, 5.74) is 2.41. The van der Waals surface area contributed by atoms with Crippen LogP contribution >= 0.6 is 11.3 Å². The van der Waals surface area contributed by atoms with Crippen LogP contribution in [0.2, 0.25) is 0 Å². The first-order chi connectivity index (χ1) is 15.7. The Morgan fingerprint density at radius 3 is 2.56 bits per heavy atom. The molecular formula is C24H27N7S. The second-order valence-corrected chi connectivity index (χ2v) is 9.99. The van der Waals surface area contributed by atoms with Crippen molar-refractivity contribution in [1.29, 1.82) is 0 Å². The van der Waals surface area contributed by atoms with Crippen molar-refractivity contribution in [1.82, 2.24) is 29.6 Å². The van der Waals surface area contributed by atoms with E-state index in [1.165, 1.54) is 28.7 Å². The predicted molar refractivity (Wildman–Crippen MR) is 128 cm³/mol. The van der Waals surface area contributed by atoms with Crippen LogP contribution in [-0.4, -0.2) is 49.3 Å². The summed E-state index contributed by atoms with van der Waals surface area (Å²) in [6.07, 6.45) is 2.55. The van der Waals surface area contributed by atoms with E-state index in [0.29, 0.717) is 6.54 Å². The van der Waals surface area contributed by atoms with E-state index in [1.807, 2.05) is 18.2 Å². The molecule has 3 aromatic heterocycles. The van der Waals surface area contributed by atoms with Crippen LogP contribution in [0.25, 0.3) is 21.6 Å². The number of benzene rings is 1. The van der Waals surface area contributed by atoms with Crippen LogP contribution in [0.1, 0.15) is 34.9 Å². The van der Waals surface area contributed by atoms with E-state index in [2.05, 4.69) is 50.5 Å². The number of likely N-dealkylation sites (tertiary alicyclic amines) is 1. The maximum atomic E-state index is 5.12. The van der Waals surface area contributed by atoms with E-state index in [9.17, 15) is 0 Å². The van der Waals surface area contributed by atoms with Gasteiger partial charge in [0.05, 0.1) is 18.5 Å². The topological polar surface area (TPSA) is 63.0 Å². The van der Waals surface area contributed by atoms with Crippen LogP contribution in [-0.2, 0) is 19.6 Å². The van der Waals surface area contributed by atoms with Crippen LogP contribution in [0.4, 0.5) is 5.82 Å². The molecule has 7 nitrogen and oxygen atoms in total. The fourth-order valence-electron chi connectivity index (χ4n) is 4.85. The molecular weight excluding hydrogens is 418 g/mol. The lowest BCUT2D eigenvalue weighted by atomic mass is 10.2. The normalized spacial score (nSPS) is 16.8. The molecule has 32 heavy (non-hydrogen) atoms. The molecule has 1 saturated heterocycles. The molecule has 0 saturated carbocycles. The van der Waals surface area contributed by atoms with Gasteiger partial charge in [-0.25, -0.2) is 9.97 Å². The molecule has 0 atom stereocenters. The van der Waals surface area contributed by atoms with Gasteiger partial charge in [0.2, 0.25) is 0 Å². The second kappa shape index (κ2) is 7.94. The summed E-state index contributed by atoms with van der Waals surface area (Å²) in [5, 5.41) is 10.3. The highest BCUT2D eigenvalue weighted by Gasteiger charge is 2.26. The average molecular weight is 446 g/mol. The summed E-state index contributed by atoms with van der Waals surface area (Å²) in [6, 6.07) is 10.3. The van der Waals surface area contributed by atoms with Gasteiger partial charge >= 0.3 is 0 Å². The first-order valence-electron chi connectivity index (χ1n) is 11.4. The molecule has 0 bridgehead atoms. The zero-order valence-corrected chi connectivity index (χ0v) is 19.4. The Bertz CT molecular complexity index is 1270. The molecule has 2 aliphatic heterocycles. The maximum Gasteiger partial charge on any atom is 0.164 e. The molecule has 0 aliphatic carbocycles. The SMILES string of the molecule is Cc1sc2nc(CN3CCCC3)nc(N3CCn4c(nnc4-c4ccccc4)C3)c2c1C. The van der Waals surface area contributed by atoms with Crippen LogP contribution < -0.4 is 4.90 Å². The number of aromatic nitrogens is 5. The van der Waals surface area contributed by atoms with Crippen molar-refractivity contribution in [3.63, 3.8) is 0 Å². The van der Waals surface area contributed by atoms with E-state index in [1.54, 1.807) is 11.3 Å². The van der Waals surface area contributed by atoms with E-state index in [-0.39, 0.29) is 0 Å². The lowest BCUT2D eigenvalue weighted by Gasteiger charge is -2.30. The smallest absolute Gasteiger partial charge is 0.164 e. The number of aryl methyl sites for hydroxylation is 2. The highest BCUT2D eigenvalue weighted by Crippen LogP contribution is 2.36. The number of thiophene rings is 1. The Kier molecular flexibility index (Phi) is 4.91. The standard InChI is InChI=1S/C24H27N7S/c1-16-17(2)32-24-21(16)23(25-19(26-24)14-29-10-6-7-11-29)30-12-13-31-20(15-30)27-28-22(31)18-8-4-3-5-9-18/h3-5,8-9H,6-7,10-15H2,1-2H3. The number of rotatable bonds is 4. The summed E-state index contributed by atoms with van der Waals surface area (Å²) in [5.74, 6) is 3.94. The minimum atomic E-state index is 0.712. The number of anilines is 1. The molecule has 164 valence electrons.